The minimum atomic E-state index is -1.10. The molecule has 0 aliphatic carbocycles. The van der Waals surface area contributed by atoms with Crippen molar-refractivity contribution in [2.24, 2.45) is 0 Å². The van der Waals surface area contributed by atoms with Gasteiger partial charge in [-0.05, 0) is 31.5 Å². The lowest BCUT2D eigenvalue weighted by Gasteiger charge is -2.34. The van der Waals surface area contributed by atoms with Crippen molar-refractivity contribution in [3.05, 3.63) is 35.4 Å². The third kappa shape index (κ3) is 3.09. The Kier molecular flexibility index (Phi) is 5.15. The molecule has 2 heterocycles. The average Bonchev–Trinajstić information content (AvgIpc) is 2.81. The number of amides is 4. The minimum absolute atomic E-state index is 0. The highest BCUT2D eigenvalue weighted by Gasteiger charge is 2.43. The summed E-state index contributed by atoms with van der Waals surface area (Å²) in [6.45, 7) is 5.91. The van der Waals surface area contributed by atoms with Crippen molar-refractivity contribution in [3.8, 4) is 0 Å². The van der Waals surface area contributed by atoms with E-state index in [0.717, 1.165) is 13.1 Å². The molecular formula is C16H21ClN4O3. The molecule has 1 aromatic carbocycles. The van der Waals surface area contributed by atoms with Gasteiger partial charge in [0.05, 0.1) is 0 Å². The third-order valence-corrected chi connectivity index (χ3v) is 4.52. The lowest BCUT2D eigenvalue weighted by Crippen LogP contribution is -2.52. The van der Waals surface area contributed by atoms with E-state index in [0.29, 0.717) is 17.7 Å². The molecule has 7 nitrogen and oxygen atoms in total. The molecule has 2 aliphatic heterocycles. The third-order valence-electron chi connectivity index (χ3n) is 4.52. The van der Waals surface area contributed by atoms with Gasteiger partial charge in [0, 0.05) is 31.2 Å². The Morgan fingerprint density at radius 1 is 1.25 bits per heavy atom. The predicted octanol–water partition coefficient (Wildman–Crippen LogP) is 0.597. The number of nitrogens with one attached hydrogen (secondary N) is 3. The maximum absolute atomic E-state index is 12.6. The summed E-state index contributed by atoms with van der Waals surface area (Å²) in [5, 5.41) is 8.09. The second-order valence-corrected chi connectivity index (χ2v) is 6.16. The zero-order valence-corrected chi connectivity index (χ0v) is 14.4. The first-order valence-electron chi connectivity index (χ1n) is 7.67. The van der Waals surface area contributed by atoms with Gasteiger partial charge in [-0.1, -0.05) is 12.1 Å². The van der Waals surface area contributed by atoms with Gasteiger partial charge >= 0.3 is 6.03 Å². The van der Waals surface area contributed by atoms with Gasteiger partial charge < -0.3 is 15.5 Å². The Morgan fingerprint density at radius 2 is 1.92 bits per heavy atom. The van der Waals surface area contributed by atoms with Crippen molar-refractivity contribution in [1.82, 2.24) is 20.9 Å². The monoisotopic (exact) mass is 352 g/mol. The number of nitrogens with zero attached hydrogens (tertiary/aromatic N) is 1. The summed E-state index contributed by atoms with van der Waals surface area (Å²) in [4.78, 5) is 37.7. The van der Waals surface area contributed by atoms with Crippen molar-refractivity contribution in [2.45, 2.75) is 25.4 Å². The van der Waals surface area contributed by atoms with Crippen LogP contribution in [0.25, 0.3) is 0 Å². The van der Waals surface area contributed by atoms with Crippen molar-refractivity contribution >= 4 is 30.3 Å². The molecule has 24 heavy (non-hydrogen) atoms. The highest BCUT2D eigenvalue weighted by atomic mass is 35.5. The highest BCUT2D eigenvalue weighted by molar-refractivity contribution is 6.07. The minimum Gasteiger partial charge on any atom is -0.333 e. The number of hydrogen-bond donors (Lipinski definition) is 3. The number of carbonyl (C=O) groups is 3. The Labute approximate surface area is 146 Å². The van der Waals surface area contributed by atoms with Crippen molar-refractivity contribution in [3.63, 3.8) is 0 Å². The smallest absolute Gasteiger partial charge is 0.322 e. The van der Waals surface area contributed by atoms with Crippen LogP contribution in [0.1, 0.15) is 29.8 Å². The molecule has 2 saturated heterocycles. The molecule has 2 fully saturated rings. The second-order valence-electron chi connectivity index (χ2n) is 6.16. The van der Waals surface area contributed by atoms with Crippen LogP contribution in [-0.4, -0.2) is 48.4 Å². The van der Waals surface area contributed by atoms with Crippen LogP contribution in [-0.2, 0) is 10.3 Å². The number of carbonyl (C=O) groups excluding carboxylic acids is 3. The van der Waals surface area contributed by atoms with Crippen LogP contribution in [0.15, 0.2) is 24.3 Å². The fourth-order valence-corrected chi connectivity index (χ4v) is 3.00. The molecule has 0 aromatic heterocycles. The van der Waals surface area contributed by atoms with E-state index in [9.17, 15) is 14.4 Å². The van der Waals surface area contributed by atoms with E-state index in [2.05, 4.69) is 16.0 Å². The van der Waals surface area contributed by atoms with Crippen LogP contribution >= 0.6 is 12.4 Å². The molecule has 2 aliphatic rings. The Balaban J connectivity index is 0.00000208. The SMILES string of the molecule is CC1CNCCN1C(=O)c1ccc(C2(C)NC(=O)NC2=O)cc1.Cl. The van der Waals surface area contributed by atoms with Crippen LogP contribution in [0.2, 0.25) is 0 Å². The van der Waals surface area contributed by atoms with E-state index >= 15 is 0 Å². The molecule has 8 heteroatoms. The number of rotatable bonds is 2. The van der Waals surface area contributed by atoms with Gasteiger partial charge in [-0.25, -0.2) is 4.79 Å². The van der Waals surface area contributed by atoms with Crippen molar-refractivity contribution in [2.75, 3.05) is 19.6 Å². The van der Waals surface area contributed by atoms with Gasteiger partial charge in [0.25, 0.3) is 11.8 Å². The summed E-state index contributed by atoms with van der Waals surface area (Å²) in [6.07, 6.45) is 0. The largest absolute Gasteiger partial charge is 0.333 e. The van der Waals surface area contributed by atoms with E-state index in [-0.39, 0.29) is 24.4 Å². The number of benzene rings is 1. The van der Waals surface area contributed by atoms with Crippen LogP contribution < -0.4 is 16.0 Å². The lowest BCUT2D eigenvalue weighted by molar-refractivity contribution is -0.123. The first-order valence-corrected chi connectivity index (χ1v) is 7.67. The van der Waals surface area contributed by atoms with Crippen LogP contribution in [0.5, 0.6) is 0 Å². The van der Waals surface area contributed by atoms with Crippen molar-refractivity contribution in [1.29, 1.82) is 0 Å². The van der Waals surface area contributed by atoms with Gasteiger partial charge in [0.15, 0.2) is 0 Å². The first kappa shape index (κ1) is 18.2. The molecule has 0 radical (unpaired) electrons. The van der Waals surface area contributed by atoms with Gasteiger partial charge in [-0.3, -0.25) is 14.9 Å². The Bertz CT molecular complexity index is 664. The van der Waals surface area contributed by atoms with E-state index in [1.807, 2.05) is 11.8 Å². The number of piperazine rings is 1. The number of imide groups is 1. The quantitative estimate of drug-likeness (QED) is 0.680. The van der Waals surface area contributed by atoms with Crippen LogP contribution in [0.4, 0.5) is 4.79 Å². The van der Waals surface area contributed by atoms with Gasteiger partial charge in [0.2, 0.25) is 0 Å². The molecule has 130 valence electrons. The molecule has 1 aromatic rings. The molecule has 0 spiro atoms. The molecule has 4 amide bonds. The van der Waals surface area contributed by atoms with Gasteiger partial charge in [0.1, 0.15) is 5.54 Å². The molecule has 3 N–H and O–H groups in total. The molecule has 2 unspecified atom stereocenters. The summed E-state index contributed by atoms with van der Waals surface area (Å²) >= 11 is 0. The predicted molar refractivity (Wildman–Crippen MR) is 91.1 cm³/mol. The first-order chi connectivity index (χ1) is 10.9. The summed E-state index contributed by atoms with van der Waals surface area (Å²) < 4.78 is 0. The fourth-order valence-electron chi connectivity index (χ4n) is 3.00. The maximum Gasteiger partial charge on any atom is 0.322 e. The number of urea groups is 1. The lowest BCUT2D eigenvalue weighted by atomic mass is 9.91. The van der Waals surface area contributed by atoms with E-state index in [1.54, 1.807) is 31.2 Å². The normalized spacial score (nSPS) is 26.4. The summed E-state index contributed by atoms with van der Waals surface area (Å²) in [7, 11) is 0. The Morgan fingerprint density at radius 3 is 2.46 bits per heavy atom. The second kappa shape index (κ2) is 6.78. The van der Waals surface area contributed by atoms with Crippen LogP contribution in [0.3, 0.4) is 0 Å². The topological polar surface area (TPSA) is 90.5 Å². The molecule has 0 bridgehead atoms. The Hall–Kier alpha value is -2.12. The zero-order valence-electron chi connectivity index (χ0n) is 13.6. The standard InChI is InChI=1S/C16H20N4O3.ClH/c1-10-9-17-7-8-20(10)13(21)11-3-5-12(6-4-11)16(2)14(22)18-15(23)19-16;/h3-6,10,17H,7-9H2,1-2H3,(H2,18,19,22,23);1H. The summed E-state index contributed by atoms with van der Waals surface area (Å²) in [5.41, 5.74) is 0.127. The summed E-state index contributed by atoms with van der Waals surface area (Å²) in [5.74, 6) is -0.409. The number of hydrogen-bond acceptors (Lipinski definition) is 4. The zero-order chi connectivity index (χ0) is 16.6. The number of halogens is 1. The van der Waals surface area contributed by atoms with Gasteiger partial charge in [-0.15, -0.1) is 12.4 Å². The molecule has 2 atom stereocenters. The fraction of sp³-hybridized carbons (Fsp3) is 0.438. The highest BCUT2D eigenvalue weighted by Crippen LogP contribution is 2.25. The van der Waals surface area contributed by atoms with E-state index < -0.39 is 17.5 Å². The summed E-state index contributed by atoms with van der Waals surface area (Å²) in [6, 6.07) is 6.47. The van der Waals surface area contributed by atoms with Crippen molar-refractivity contribution < 1.29 is 14.4 Å². The van der Waals surface area contributed by atoms with E-state index in [1.165, 1.54) is 0 Å². The maximum atomic E-state index is 12.6. The average molecular weight is 353 g/mol. The van der Waals surface area contributed by atoms with E-state index in [4.69, 9.17) is 0 Å². The molecule has 0 saturated carbocycles. The van der Waals surface area contributed by atoms with Gasteiger partial charge in [-0.2, -0.15) is 0 Å². The molecule has 3 rings (SSSR count). The van der Waals surface area contributed by atoms with Crippen LogP contribution in [0, 0.1) is 0 Å². The molecular weight excluding hydrogens is 332 g/mol.